The Kier molecular flexibility index (Phi) is 3.39. The Morgan fingerprint density at radius 1 is 1.50 bits per heavy atom. The fourth-order valence-corrected chi connectivity index (χ4v) is 2.30. The fraction of sp³-hybridized carbons (Fsp3) is 0.455. The van der Waals surface area contributed by atoms with Crippen LogP contribution in [-0.4, -0.2) is 12.9 Å². The summed E-state index contributed by atoms with van der Waals surface area (Å²) < 4.78 is 6.76. The van der Waals surface area contributed by atoms with Crippen LogP contribution in [0.5, 0.6) is 5.75 Å². The molecule has 1 aromatic rings. The molecule has 0 N–H and O–H groups in total. The summed E-state index contributed by atoms with van der Waals surface area (Å²) in [5, 5.41) is 0. The molecule has 2 rings (SSSR count). The Morgan fingerprint density at radius 3 is 2.86 bits per heavy atom. The molecular formula is C11H13BrOS. The third-order valence-electron chi connectivity index (χ3n) is 2.31. The summed E-state index contributed by atoms with van der Waals surface area (Å²) in [4.78, 5) is 1.26. The van der Waals surface area contributed by atoms with Crippen molar-refractivity contribution in [1.82, 2.24) is 0 Å². The predicted molar refractivity (Wildman–Crippen MR) is 64.1 cm³/mol. The number of hydrogen-bond donors (Lipinski definition) is 0. The fourth-order valence-electron chi connectivity index (χ4n) is 1.22. The van der Waals surface area contributed by atoms with Crippen molar-refractivity contribution in [2.45, 2.75) is 17.7 Å². The minimum atomic E-state index is 0.808. The van der Waals surface area contributed by atoms with Gasteiger partial charge in [-0.15, -0.1) is 11.8 Å². The maximum absolute atomic E-state index is 5.70. The highest BCUT2D eigenvalue weighted by Gasteiger charge is 2.22. The average Bonchev–Trinajstić information content (AvgIpc) is 2.99. The van der Waals surface area contributed by atoms with E-state index in [-0.39, 0.29) is 0 Å². The minimum Gasteiger partial charge on any atom is -0.492 e. The molecule has 0 saturated heterocycles. The van der Waals surface area contributed by atoms with Gasteiger partial charge in [0.1, 0.15) is 5.75 Å². The van der Waals surface area contributed by atoms with E-state index in [0.29, 0.717) is 0 Å². The molecule has 1 nitrogen and oxygen atoms in total. The van der Waals surface area contributed by atoms with Crippen molar-refractivity contribution in [3.63, 3.8) is 0 Å². The van der Waals surface area contributed by atoms with Crippen LogP contribution in [0, 0.1) is 5.92 Å². The highest BCUT2D eigenvalue weighted by atomic mass is 79.9. The number of hydrogen-bond acceptors (Lipinski definition) is 2. The molecule has 1 aliphatic rings. The van der Waals surface area contributed by atoms with Crippen molar-refractivity contribution in [3.8, 4) is 5.75 Å². The molecular weight excluding hydrogens is 260 g/mol. The van der Waals surface area contributed by atoms with E-state index < -0.39 is 0 Å². The van der Waals surface area contributed by atoms with Crippen molar-refractivity contribution < 1.29 is 4.74 Å². The maximum Gasteiger partial charge on any atom is 0.133 e. The molecule has 0 aromatic heterocycles. The van der Waals surface area contributed by atoms with Crippen LogP contribution >= 0.6 is 27.7 Å². The number of ether oxygens (including phenoxy) is 1. The number of thioether (sulfide) groups is 1. The van der Waals surface area contributed by atoms with Crippen LogP contribution in [0.4, 0.5) is 0 Å². The van der Waals surface area contributed by atoms with E-state index in [0.717, 1.165) is 22.7 Å². The lowest BCUT2D eigenvalue weighted by atomic mass is 10.3. The Hall–Kier alpha value is -0.150. The van der Waals surface area contributed by atoms with Gasteiger partial charge in [-0.25, -0.2) is 0 Å². The summed E-state index contributed by atoms with van der Waals surface area (Å²) in [5.41, 5.74) is 0. The molecule has 76 valence electrons. The Bertz CT molecular complexity index is 323. The van der Waals surface area contributed by atoms with E-state index in [1.165, 1.54) is 17.7 Å². The van der Waals surface area contributed by atoms with Crippen LogP contribution in [0.25, 0.3) is 0 Å². The third-order valence-corrected chi connectivity index (χ3v) is 3.66. The highest BCUT2D eigenvalue weighted by molar-refractivity contribution is 9.10. The summed E-state index contributed by atoms with van der Waals surface area (Å²) in [6, 6.07) is 6.24. The molecule has 0 unspecified atom stereocenters. The molecule has 1 aromatic carbocycles. The molecule has 3 heteroatoms. The van der Waals surface area contributed by atoms with Crippen LogP contribution in [0.2, 0.25) is 0 Å². The first-order valence-electron chi connectivity index (χ1n) is 4.76. The molecule has 0 amide bonds. The second-order valence-electron chi connectivity index (χ2n) is 3.55. The number of rotatable bonds is 4. The summed E-state index contributed by atoms with van der Waals surface area (Å²) in [6.45, 7) is 0.872. The van der Waals surface area contributed by atoms with Gasteiger partial charge in [-0.3, -0.25) is 0 Å². The largest absolute Gasteiger partial charge is 0.492 e. The highest BCUT2D eigenvalue weighted by Crippen LogP contribution is 2.33. The third kappa shape index (κ3) is 2.67. The summed E-state index contributed by atoms with van der Waals surface area (Å²) >= 11 is 5.26. The Balaban J connectivity index is 2.01. The van der Waals surface area contributed by atoms with Crippen molar-refractivity contribution in [3.05, 3.63) is 22.7 Å². The first-order valence-corrected chi connectivity index (χ1v) is 6.77. The van der Waals surface area contributed by atoms with Crippen molar-refractivity contribution in [2.75, 3.05) is 12.9 Å². The first-order chi connectivity index (χ1) is 6.79. The SMILES string of the molecule is CSc1ccc(OCC2CC2)c(Br)c1. The van der Waals surface area contributed by atoms with E-state index in [1.54, 1.807) is 11.8 Å². The minimum absolute atomic E-state index is 0.808. The molecule has 0 aliphatic heterocycles. The van der Waals surface area contributed by atoms with Gasteiger partial charge in [0.25, 0.3) is 0 Å². The van der Waals surface area contributed by atoms with E-state index in [4.69, 9.17) is 4.74 Å². The van der Waals surface area contributed by atoms with Gasteiger partial charge in [-0.1, -0.05) is 0 Å². The van der Waals surface area contributed by atoms with Crippen LogP contribution in [0.3, 0.4) is 0 Å². The van der Waals surface area contributed by atoms with Crippen LogP contribution in [0.1, 0.15) is 12.8 Å². The van der Waals surface area contributed by atoms with Gasteiger partial charge < -0.3 is 4.74 Å². The lowest BCUT2D eigenvalue weighted by molar-refractivity contribution is 0.298. The van der Waals surface area contributed by atoms with Gasteiger partial charge in [0.15, 0.2) is 0 Å². The van der Waals surface area contributed by atoms with Gasteiger partial charge in [-0.2, -0.15) is 0 Å². The monoisotopic (exact) mass is 272 g/mol. The van der Waals surface area contributed by atoms with Gasteiger partial charge in [-0.05, 0) is 59.1 Å². The second kappa shape index (κ2) is 4.58. The summed E-state index contributed by atoms with van der Waals surface area (Å²) in [5.74, 6) is 1.77. The number of halogens is 1. The zero-order chi connectivity index (χ0) is 9.97. The van der Waals surface area contributed by atoms with E-state index in [2.05, 4.69) is 34.3 Å². The van der Waals surface area contributed by atoms with Crippen LogP contribution in [0.15, 0.2) is 27.6 Å². The van der Waals surface area contributed by atoms with E-state index >= 15 is 0 Å². The first kappa shape index (κ1) is 10.4. The van der Waals surface area contributed by atoms with Gasteiger partial charge in [0.2, 0.25) is 0 Å². The van der Waals surface area contributed by atoms with Crippen LogP contribution in [-0.2, 0) is 0 Å². The lowest BCUT2D eigenvalue weighted by Gasteiger charge is -2.08. The average molecular weight is 273 g/mol. The zero-order valence-corrected chi connectivity index (χ0v) is 10.5. The van der Waals surface area contributed by atoms with Gasteiger partial charge in [0.05, 0.1) is 11.1 Å². The smallest absolute Gasteiger partial charge is 0.133 e. The summed E-state index contributed by atoms with van der Waals surface area (Å²) in [7, 11) is 0. The molecule has 0 bridgehead atoms. The molecule has 0 atom stereocenters. The predicted octanol–water partition coefficient (Wildman–Crippen LogP) is 3.96. The second-order valence-corrected chi connectivity index (χ2v) is 5.28. The van der Waals surface area contributed by atoms with Crippen LogP contribution < -0.4 is 4.74 Å². The van der Waals surface area contributed by atoms with E-state index in [1.807, 2.05) is 6.07 Å². The summed E-state index contributed by atoms with van der Waals surface area (Å²) in [6.07, 6.45) is 4.74. The van der Waals surface area contributed by atoms with Gasteiger partial charge in [0, 0.05) is 4.90 Å². The normalized spacial score (nSPS) is 15.6. The quantitative estimate of drug-likeness (QED) is 0.768. The lowest BCUT2D eigenvalue weighted by Crippen LogP contribution is -1.99. The molecule has 1 saturated carbocycles. The molecule has 14 heavy (non-hydrogen) atoms. The van der Waals surface area contributed by atoms with Crippen molar-refractivity contribution in [2.24, 2.45) is 5.92 Å². The van der Waals surface area contributed by atoms with E-state index in [9.17, 15) is 0 Å². The zero-order valence-electron chi connectivity index (χ0n) is 8.13. The Morgan fingerprint density at radius 2 is 2.29 bits per heavy atom. The maximum atomic E-state index is 5.70. The Labute approximate surface area is 97.4 Å². The molecule has 0 spiro atoms. The van der Waals surface area contributed by atoms with Crippen molar-refractivity contribution in [1.29, 1.82) is 0 Å². The number of benzene rings is 1. The van der Waals surface area contributed by atoms with Crippen molar-refractivity contribution >= 4 is 27.7 Å². The molecule has 0 radical (unpaired) electrons. The topological polar surface area (TPSA) is 9.23 Å². The molecule has 1 aliphatic carbocycles. The van der Waals surface area contributed by atoms with Gasteiger partial charge >= 0.3 is 0 Å². The standard InChI is InChI=1S/C11H13BrOS/c1-14-9-4-5-11(10(12)6-9)13-7-8-2-3-8/h4-6,8H,2-3,7H2,1H3. The molecule has 1 fully saturated rings. The molecule has 0 heterocycles.